The average molecular weight is 189 g/mol. The van der Waals surface area contributed by atoms with Gasteiger partial charge in [-0.3, -0.25) is 0 Å². The van der Waals surface area contributed by atoms with Gasteiger partial charge in [0.25, 0.3) is 0 Å². The van der Waals surface area contributed by atoms with Crippen molar-refractivity contribution in [3.8, 4) is 0 Å². The molecule has 0 fully saturated rings. The maximum Gasteiger partial charge on any atom is 0.135 e. The van der Waals surface area contributed by atoms with Crippen molar-refractivity contribution in [1.29, 1.82) is 0 Å². The van der Waals surface area contributed by atoms with Gasteiger partial charge in [-0.2, -0.15) is 0 Å². The zero-order valence-corrected chi connectivity index (χ0v) is 7.92. The van der Waals surface area contributed by atoms with E-state index in [4.69, 9.17) is 4.84 Å². The van der Waals surface area contributed by atoms with Gasteiger partial charge in [-0.15, -0.1) is 5.10 Å². The molecular formula is C10H11N3O. The molecule has 1 aromatic carbocycles. The number of fused-ring (bicyclic) bond motifs is 1. The Morgan fingerprint density at radius 2 is 2.29 bits per heavy atom. The Kier molecular flexibility index (Phi) is 2.44. The third-order valence-electron chi connectivity index (χ3n) is 1.85. The van der Waals surface area contributed by atoms with Gasteiger partial charge in [0, 0.05) is 0 Å². The van der Waals surface area contributed by atoms with E-state index < -0.39 is 0 Å². The summed E-state index contributed by atoms with van der Waals surface area (Å²) in [7, 11) is 0. The summed E-state index contributed by atoms with van der Waals surface area (Å²) in [5.74, 6) is 0. The van der Waals surface area contributed by atoms with Gasteiger partial charge >= 0.3 is 0 Å². The average Bonchev–Trinajstić information content (AvgIpc) is 2.63. The van der Waals surface area contributed by atoms with Gasteiger partial charge < -0.3 is 4.84 Å². The van der Waals surface area contributed by atoms with E-state index in [9.17, 15) is 0 Å². The van der Waals surface area contributed by atoms with E-state index in [0.717, 1.165) is 11.0 Å². The second-order valence-electron chi connectivity index (χ2n) is 2.82. The summed E-state index contributed by atoms with van der Waals surface area (Å²) in [5, 5.41) is 7.84. The van der Waals surface area contributed by atoms with Crippen molar-refractivity contribution in [3.63, 3.8) is 0 Å². The van der Waals surface area contributed by atoms with Crippen LogP contribution in [0.15, 0.2) is 36.4 Å². The molecule has 0 unspecified atom stereocenters. The lowest BCUT2D eigenvalue weighted by molar-refractivity contribution is 0.110. The van der Waals surface area contributed by atoms with E-state index >= 15 is 0 Å². The molecule has 1 aromatic heterocycles. The summed E-state index contributed by atoms with van der Waals surface area (Å²) < 4.78 is 0. The number of aromatic nitrogens is 3. The lowest BCUT2D eigenvalue weighted by Crippen LogP contribution is -2.12. The Bertz CT molecular complexity index is 447. The lowest BCUT2D eigenvalue weighted by Gasteiger charge is -2.00. The number of hydrogen-bond donors (Lipinski definition) is 0. The van der Waals surface area contributed by atoms with E-state index in [1.807, 2.05) is 43.3 Å². The van der Waals surface area contributed by atoms with Crippen LogP contribution in [0.25, 0.3) is 11.0 Å². The van der Waals surface area contributed by atoms with E-state index in [-0.39, 0.29) is 0 Å². The van der Waals surface area contributed by atoms with E-state index in [1.165, 1.54) is 4.85 Å². The highest BCUT2D eigenvalue weighted by atomic mass is 16.7. The van der Waals surface area contributed by atoms with Gasteiger partial charge in [-0.05, 0) is 30.3 Å². The largest absolute Gasteiger partial charge is 0.391 e. The topological polar surface area (TPSA) is 39.9 Å². The van der Waals surface area contributed by atoms with E-state index in [0.29, 0.717) is 6.61 Å². The summed E-state index contributed by atoms with van der Waals surface area (Å²) in [6.07, 6.45) is 3.84. The van der Waals surface area contributed by atoms with Crippen molar-refractivity contribution in [2.24, 2.45) is 0 Å². The first kappa shape index (κ1) is 8.74. The van der Waals surface area contributed by atoms with Crippen LogP contribution < -0.4 is 4.84 Å². The molecule has 0 saturated heterocycles. The SMILES string of the molecule is C/C=C/COn1nnc2ccccc21. The summed E-state index contributed by atoms with van der Waals surface area (Å²) in [6, 6.07) is 7.68. The van der Waals surface area contributed by atoms with Crippen LogP contribution in [-0.4, -0.2) is 21.8 Å². The van der Waals surface area contributed by atoms with Crippen molar-refractivity contribution in [1.82, 2.24) is 15.2 Å². The molecule has 0 aliphatic carbocycles. The molecule has 14 heavy (non-hydrogen) atoms. The molecule has 2 aromatic rings. The molecule has 0 spiro atoms. The van der Waals surface area contributed by atoms with Crippen molar-refractivity contribution < 1.29 is 4.84 Å². The zero-order chi connectivity index (χ0) is 9.80. The van der Waals surface area contributed by atoms with E-state index in [1.54, 1.807) is 0 Å². The van der Waals surface area contributed by atoms with Crippen LogP contribution >= 0.6 is 0 Å². The smallest absolute Gasteiger partial charge is 0.135 e. The molecule has 1 heterocycles. The highest BCUT2D eigenvalue weighted by Crippen LogP contribution is 2.07. The third-order valence-corrected chi connectivity index (χ3v) is 1.85. The summed E-state index contributed by atoms with van der Waals surface area (Å²) in [6.45, 7) is 2.45. The fourth-order valence-electron chi connectivity index (χ4n) is 1.15. The minimum absolute atomic E-state index is 0.504. The van der Waals surface area contributed by atoms with Crippen LogP contribution in [0, 0.1) is 0 Å². The summed E-state index contributed by atoms with van der Waals surface area (Å²) in [5.41, 5.74) is 1.73. The minimum Gasteiger partial charge on any atom is -0.391 e. The van der Waals surface area contributed by atoms with Gasteiger partial charge in [-0.1, -0.05) is 23.1 Å². The Morgan fingerprint density at radius 3 is 3.14 bits per heavy atom. The van der Waals surface area contributed by atoms with Gasteiger partial charge in [0.1, 0.15) is 17.6 Å². The molecule has 72 valence electrons. The third kappa shape index (κ3) is 1.59. The Morgan fingerprint density at radius 1 is 1.43 bits per heavy atom. The van der Waals surface area contributed by atoms with Crippen LogP contribution in [0.4, 0.5) is 0 Å². The molecule has 4 heteroatoms. The molecule has 0 aliphatic heterocycles. The lowest BCUT2D eigenvalue weighted by atomic mass is 10.3. The number of rotatable bonds is 3. The molecule has 0 amide bonds. The van der Waals surface area contributed by atoms with Crippen LogP contribution in [0.3, 0.4) is 0 Å². The minimum atomic E-state index is 0.504. The standard InChI is InChI=1S/C10H11N3O/c1-2-3-8-14-13-10-7-5-4-6-9(10)11-12-13/h2-7H,8H2,1H3/b3-2+. The second kappa shape index (κ2) is 3.91. The summed E-state index contributed by atoms with van der Waals surface area (Å²) in [4.78, 5) is 6.80. The van der Waals surface area contributed by atoms with E-state index in [2.05, 4.69) is 10.3 Å². The van der Waals surface area contributed by atoms with Crippen LogP contribution in [0.2, 0.25) is 0 Å². The fourth-order valence-corrected chi connectivity index (χ4v) is 1.15. The first-order chi connectivity index (χ1) is 6.92. The molecule has 0 radical (unpaired) electrons. The molecular weight excluding hydrogens is 178 g/mol. The predicted octanol–water partition coefficient (Wildman–Crippen LogP) is 1.44. The Labute approximate surface area is 81.7 Å². The maximum atomic E-state index is 5.36. The quantitative estimate of drug-likeness (QED) is 0.686. The van der Waals surface area contributed by atoms with Gasteiger partial charge in [0.05, 0.1) is 0 Å². The second-order valence-corrected chi connectivity index (χ2v) is 2.82. The van der Waals surface area contributed by atoms with Gasteiger partial charge in [0.15, 0.2) is 0 Å². The monoisotopic (exact) mass is 189 g/mol. The molecule has 0 bridgehead atoms. The number of hydrogen-bond acceptors (Lipinski definition) is 3. The predicted molar refractivity (Wildman–Crippen MR) is 53.8 cm³/mol. The molecule has 0 atom stereocenters. The van der Waals surface area contributed by atoms with Crippen molar-refractivity contribution >= 4 is 11.0 Å². The van der Waals surface area contributed by atoms with Crippen molar-refractivity contribution in [3.05, 3.63) is 36.4 Å². The zero-order valence-electron chi connectivity index (χ0n) is 7.92. The van der Waals surface area contributed by atoms with Crippen molar-refractivity contribution in [2.45, 2.75) is 6.92 Å². The van der Waals surface area contributed by atoms with Gasteiger partial charge in [-0.25, -0.2) is 0 Å². The molecule has 4 nitrogen and oxygen atoms in total. The molecule has 0 N–H and O–H groups in total. The highest BCUT2D eigenvalue weighted by molar-refractivity contribution is 5.73. The fraction of sp³-hybridized carbons (Fsp3) is 0.200. The normalized spacial score (nSPS) is 11.2. The first-order valence-electron chi connectivity index (χ1n) is 4.46. The number of nitrogens with zero attached hydrogens (tertiary/aromatic N) is 3. The maximum absolute atomic E-state index is 5.36. The van der Waals surface area contributed by atoms with Crippen LogP contribution in [0.5, 0.6) is 0 Å². The molecule has 2 rings (SSSR count). The van der Waals surface area contributed by atoms with Gasteiger partial charge in [0.2, 0.25) is 0 Å². The number of benzene rings is 1. The number of allylic oxidation sites excluding steroid dienone is 1. The Hall–Kier alpha value is -1.84. The molecule has 0 saturated carbocycles. The first-order valence-corrected chi connectivity index (χ1v) is 4.46. The van der Waals surface area contributed by atoms with Crippen LogP contribution in [-0.2, 0) is 0 Å². The van der Waals surface area contributed by atoms with Crippen molar-refractivity contribution in [2.75, 3.05) is 6.61 Å². The summed E-state index contributed by atoms with van der Waals surface area (Å²) >= 11 is 0. The highest BCUT2D eigenvalue weighted by Gasteiger charge is 2.01. The number of para-hydroxylation sites is 1. The molecule has 0 aliphatic rings. The van der Waals surface area contributed by atoms with Crippen LogP contribution in [0.1, 0.15) is 6.92 Å². The Balaban J connectivity index is 2.25.